The van der Waals surface area contributed by atoms with Gasteiger partial charge in [-0.1, -0.05) is 19.9 Å². The molecule has 0 spiro atoms. The summed E-state index contributed by atoms with van der Waals surface area (Å²) in [5, 5.41) is 6.18. The SMILES string of the molecule is CC(C)C(=O)c1cc(NC(=O)N2Cc3ccncc3C2)cnc1C1=CCNCC1. The third kappa shape index (κ3) is 4.05. The van der Waals surface area contributed by atoms with Gasteiger partial charge in [0.25, 0.3) is 0 Å². The minimum Gasteiger partial charge on any atom is -0.316 e. The molecule has 0 atom stereocenters. The number of ketones is 1. The first kappa shape index (κ1) is 19.3. The van der Waals surface area contributed by atoms with E-state index in [2.05, 4.69) is 26.7 Å². The number of nitrogens with one attached hydrogen (secondary N) is 2. The van der Waals surface area contributed by atoms with Crippen molar-refractivity contribution < 1.29 is 9.59 Å². The first-order valence-corrected chi connectivity index (χ1v) is 9.95. The standard InChI is InChI=1S/C22H25N5O2/c1-14(2)21(28)19-9-18(11-25-20(19)15-3-6-23-7-4-15)26-22(29)27-12-16-5-8-24-10-17(16)13-27/h3,5,8-11,14,23H,4,6-7,12-13H2,1-2H3,(H,26,29). The van der Waals surface area contributed by atoms with Crippen LogP contribution in [0.1, 0.15) is 47.4 Å². The topological polar surface area (TPSA) is 87.2 Å². The zero-order valence-electron chi connectivity index (χ0n) is 16.7. The van der Waals surface area contributed by atoms with Gasteiger partial charge in [-0.25, -0.2) is 4.79 Å². The summed E-state index contributed by atoms with van der Waals surface area (Å²) in [5.74, 6) is -0.118. The summed E-state index contributed by atoms with van der Waals surface area (Å²) in [5.41, 5.74) is 5.07. The van der Waals surface area contributed by atoms with Crippen LogP contribution in [0, 0.1) is 5.92 Å². The molecule has 0 saturated carbocycles. The Kier molecular flexibility index (Phi) is 5.40. The third-order valence-corrected chi connectivity index (χ3v) is 5.31. The van der Waals surface area contributed by atoms with Gasteiger partial charge in [-0.2, -0.15) is 0 Å². The largest absolute Gasteiger partial charge is 0.322 e. The lowest BCUT2D eigenvalue weighted by Crippen LogP contribution is -2.30. The van der Waals surface area contributed by atoms with Crippen molar-refractivity contribution in [1.29, 1.82) is 0 Å². The van der Waals surface area contributed by atoms with Crippen LogP contribution in [0.3, 0.4) is 0 Å². The Bertz CT molecular complexity index is 958. The van der Waals surface area contributed by atoms with Crippen molar-refractivity contribution in [2.75, 3.05) is 18.4 Å². The number of nitrogens with zero attached hydrogens (tertiary/aromatic N) is 3. The highest BCUT2D eigenvalue weighted by Crippen LogP contribution is 2.27. The molecule has 0 radical (unpaired) electrons. The fraction of sp³-hybridized carbons (Fsp3) is 0.364. The van der Waals surface area contributed by atoms with E-state index in [9.17, 15) is 9.59 Å². The predicted molar refractivity (Wildman–Crippen MR) is 111 cm³/mol. The molecule has 2 N–H and O–H groups in total. The molecular weight excluding hydrogens is 366 g/mol. The second-order valence-electron chi connectivity index (χ2n) is 7.75. The maximum Gasteiger partial charge on any atom is 0.322 e. The van der Waals surface area contributed by atoms with Crippen LogP contribution in [0.2, 0.25) is 0 Å². The number of hydrogen-bond donors (Lipinski definition) is 2. The van der Waals surface area contributed by atoms with Crippen molar-refractivity contribution in [3.63, 3.8) is 0 Å². The second kappa shape index (κ2) is 8.13. The molecular formula is C22H25N5O2. The van der Waals surface area contributed by atoms with Crippen molar-refractivity contribution in [2.45, 2.75) is 33.4 Å². The average molecular weight is 391 g/mol. The predicted octanol–water partition coefficient (Wildman–Crippen LogP) is 3.24. The van der Waals surface area contributed by atoms with Crippen molar-refractivity contribution in [1.82, 2.24) is 20.2 Å². The molecule has 7 nitrogen and oxygen atoms in total. The smallest absolute Gasteiger partial charge is 0.316 e. The molecule has 7 heteroatoms. The summed E-state index contributed by atoms with van der Waals surface area (Å²) in [6.45, 7) is 6.47. The molecule has 0 unspecified atom stereocenters. The summed E-state index contributed by atoms with van der Waals surface area (Å²) in [4.78, 5) is 36.0. The van der Waals surface area contributed by atoms with Crippen molar-refractivity contribution in [3.05, 3.63) is 59.2 Å². The monoisotopic (exact) mass is 391 g/mol. The normalized spacial score (nSPS) is 15.8. The lowest BCUT2D eigenvalue weighted by atomic mass is 9.94. The van der Waals surface area contributed by atoms with Gasteiger partial charge in [0, 0.05) is 43.5 Å². The summed E-state index contributed by atoms with van der Waals surface area (Å²) < 4.78 is 0. The van der Waals surface area contributed by atoms with E-state index in [4.69, 9.17) is 0 Å². The first-order valence-electron chi connectivity index (χ1n) is 9.95. The van der Waals surface area contributed by atoms with Gasteiger partial charge in [0.2, 0.25) is 0 Å². The Morgan fingerprint density at radius 3 is 2.76 bits per heavy atom. The van der Waals surface area contributed by atoms with Crippen LogP contribution in [-0.4, -0.2) is 39.8 Å². The number of urea groups is 1. The number of fused-ring (bicyclic) bond motifs is 1. The fourth-order valence-corrected chi connectivity index (χ4v) is 3.69. The molecule has 2 aromatic heterocycles. The number of Topliss-reactive ketones (excluding diaryl/α,β-unsaturated/α-hetero) is 1. The van der Waals surface area contributed by atoms with Crippen LogP contribution in [0.25, 0.3) is 5.57 Å². The number of aromatic nitrogens is 2. The molecule has 150 valence electrons. The molecule has 0 aliphatic carbocycles. The molecule has 0 fully saturated rings. The number of carbonyl (C=O) groups excluding carboxylic acids is 2. The zero-order chi connectivity index (χ0) is 20.4. The van der Waals surface area contributed by atoms with Crippen LogP contribution >= 0.6 is 0 Å². The van der Waals surface area contributed by atoms with Gasteiger partial charge < -0.3 is 15.5 Å². The maximum atomic E-state index is 12.8. The highest BCUT2D eigenvalue weighted by Gasteiger charge is 2.25. The minimum absolute atomic E-state index is 0.0303. The number of rotatable bonds is 4. The van der Waals surface area contributed by atoms with Crippen molar-refractivity contribution >= 4 is 23.1 Å². The molecule has 4 heterocycles. The summed E-state index contributed by atoms with van der Waals surface area (Å²) >= 11 is 0. The van der Waals surface area contributed by atoms with Crippen LogP contribution in [0.5, 0.6) is 0 Å². The Morgan fingerprint density at radius 2 is 2.03 bits per heavy atom. The van der Waals surface area contributed by atoms with Gasteiger partial charge in [0.05, 0.1) is 17.6 Å². The van der Waals surface area contributed by atoms with Gasteiger partial charge in [-0.3, -0.25) is 14.8 Å². The number of amides is 2. The Hall–Kier alpha value is -3.06. The van der Waals surface area contributed by atoms with Gasteiger partial charge >= 0.3 is 6.03 Å². The molecule has 2 amide bonds. The van der Waals surface area contributed by atoms with E-state index in [1.807, 2.05) is 19.9 Å². The van der Waals surface area contributed by atoms with Gasteiger partial charge in [0.1, 0.15) is 0 Å². The second-order valence-corrected chi connectivity index (χ2v) is 7.75. The van der Waals surface area contributed by atoms with Crippen LogP contribution < -0.4 is 10.6 Å². The minimum atomic E-state index is -0.209. The Morgan fingerprint density at radius 1 is 1.21 bits per heavy atom. The lowest BCUT2D eigenvalue weighted by molar-refractivity contribution is 0.0938. The van der Waals surface area contributed by atoms with E-state index in [-0.39, 0.29) is 17.7 Å². The van der Waals surface area contributed by atoms with Crippen molar-refractivity contribution in [3.8, 4) is 0 Å². The number of anilines is 1. The quantitative estimate of drug-likeness (QED) is 0.782. The summed E-state index contributed by atoms with van der Waals surface area (Å²) in [6, 6.07) is 3.49. The highest BCUT2D eigenvalue weighted by atomic mass is 16.2. The Balaban J connectivity index is 1.56. The van der Waals surface area contributed by atoms with E-state index >= 15 is 0 Å². The number of pyridine rings is 2. The zero-order valence-corrected chi connectivity index (χ0v) is 16.7. The Labute approximate surface area is 170 Å². The van der Waals surface area contributed by atoms with E-state index in [1.165, 1.54) is 0 Å². The third-order valence-electron chi connectivity index (χ3n) is 5.31. The van der Waals surface area contributed by atoms with E-state index < -0.39 is 0 Å². The molecule has 2 aliphatic rings. The van der Waals surface area contributed by atoms with Gasteiger partial charge in [-0.05, 0) is 41.8 Å². The highest BCUT2D eigenvalue weighted by molar-refractivity contribution is 6.02. The lowest BCUT2D eigenvalue weighted by Gasteiger charge is -2.19. The first-order chi connectivity index (χ1) is 14.0. The van der Waals surface area contributed by atoms with E-state index in [0.29, 0.717) is 24.3 Å². The average Bonchev–Trinajstić information content (AvgIpc) is 3.18. The maximum absolute atomic E-state index is 12.8. The van der Waals surface area contributed by atoms with Crippen LogP contribution in [0.4, 0.5) is 10.5 Å². The molecule has 0 aromatic carbocycles. The fourth-order valence-electron chi connectivity index (χ4n) is 3.69. The van der Waals surface area contributed by atoms with Gasteiger partial charge in [0.15, 0.2) is 5.78 Å². The van der Waals surface area contributed by atoms with Crippen LogP contribution in [0.15, 0.2) is 36.8 Å². The number of carbonyl (C=O) groups is 2. The number of hydrogen-bond acceptors (Lipinski definition) is 5. The summed E-state index contributed by atoms with van der Waals surface area (Å²) in [6.07, 6.45) is 8.08. The molecule has 0 bridgehead atoms. The molecule has 2 aliphatic heterocycles. The molecule has 4 rings (SSSR count). The van der Waals surface area contributed by atoms with Crippen LogP contribution in [-0.2, 0) is 13.1 Å². The van der Waals surface area contributed by atoms with Gasteiger partial charge in [-0.15, -0.1) is 0 Å². The molecule has 2 aromatic rings. The molecule has 29 heavy (non-hydrogen) atoms. The summed E-state index contributed by atoms with van der Waals surface area (Å²) in [7, 11) is 0. The van der Waals surface area contributed by atoms with E-state index in [1.54, 1.807) is 29.6 Å². The van der Waals surface area contributed by atoms with E-state index in [0.717, 1.165) is 41.9 Å². The van der Waals surface area contributed by atoms with Crippen molar-refractivity contribution in [2.24, 2.45) is 5.92 Å². The molecule has 0 saturated heterocycles.